The maximum atomic E-state index is 5.40. The number of nitrogens with one attached hydrogen (secondary N) is 1. The molecular formula is C8H7IN2S. The largest absolute Gasteiger partial charge is 0.323 e. The van der Waals surface area contributed by atoms with Gasteiger partial charge in [0.25, 0.3) is 0 Å². The van der Waals surface area contributed by atoms with Crippen LogP contribution < -0.4 is 11.3 Å². The van der Waals surface area contributed by atoms with Crippen molar-refractivity contribution < 1.29 is 0 Å². The minimum Gasteiger partial charge on any atom is -0.323 e. The van der Waals surface area contributed by atoms with Crippen LogP contribution >= 0.6 is 33.9 Å². The Hall–Kier alpha value is -0.330. The molecule has 0 saturated carbocycles. The first-order valence-corrected chi connectivity index (χ1v) is 5.41. The van der Waals surface area contributed by atoms with Gasteiger partial charge < -0.3 is 5.43 Å². The summed E-state index contributed by atoms with van der Waals surface area (Å²) in [6.07, 6.45) is 0. The molecule has 2 aromatic rings. The van der Waals surface area contributed by atoms with Crippen molar-refractivity contribution in [3.8, 4) is 0 Å². The van der Waals surface area contributed by atoms with Gasteiger partial charge in [-0.25, -0.2) is 0 Å². The van der Waals surface area contributed by atoms with Gasteiger partial charge in [0.05, 0.1) is 5.69 Å². The summed E-state index contributed by atoms with van der Waals surface area (Å²) in [6, 6.07) is 6.09. The van der Waals surface area contributed by atoms with Crippen molar-refractivity contribution in [2.75, 3.05) is 5.43 Å². The minimum atomic E-state index is 0.998. The molecule has 0 fully saturated rings. The van der Waals surface area contributed by atoms with Crippen molar-refractivity contribution in [3.63, 3.8) is 0 Å². The van der Waals surface area contributed by atoms with Crippen LogP contribution in [0.3, 0.4) is 0 Å². The Bertz CT molecular complexity index is 410. The molecule has 0 unspecified atom stereocenters. The van der Waals surface area contributed by atoms with Gasteiger partial charge in [-0.05, 0) is 34.7 Å². The first kappa shape index (κ1) is 8.28. The second-order valence-electron chi connectivity index (χ2n) is 2.41. The Morgan fingerprint density at radius 3 is 3.00 bits per heavy atom. The highest BCUT2D eigenvalue weighted by Gasteiger charge is 2.04. The van der Waals surface area contributed by atoms with Crippen LogP contribution in [-0.4, -0.2) is 0 Å². The molecule has 0 spiro atoms. The van der Waals surface area contributed by atoms with Gasteiger partial charge in [-0.3, -0.25) is 5.84 Å². The second kappa shape index (κ2) is 3.20. The minimum absolute atomic E-state index is 0.998. The van der Waals surface area contributed by atoms with E-state index in [9.17, 15) is 0 Å². The van der Waals surface area contributed by atoms with Crippen LogP contribution in [0.4, 0.5) is 5.69 Å². The van der Waals surface area contributed by atoms with Crippen molar-refractivity contribution in [2.24, 2.45) is 5.84 Å². The molecule has 0 aliphatic rings. The van der Waals surface area contributed by atoms with E-state index < -0.39 is 0 Å². The third kappa shape index (κ3) is 1.19. The highest BCUT2D eigenvalue weighted by atomic mass is 127. The fraction of sp³-hybridized carbons (Fsp3) is 0. The fourth-order valence-electron chi connectivity index (χ4n) is 1.17. The molecule has 0 bridgehead atoms. The van der Waals surface area contributed by atoms with Gasteiger partial charge >= 0.3 is 0 Å². The highest BCUT2D eigenvalue weighted by Crippen LogP contribution is 2.32. The summed E-state index contributed by atoms with van der Waals surface area (Å²) in [7, 11) is 0. The summed E-state index contributed by atoms with van der Waals surface area (Å²) in [4.78, 5) is 0. The highest BCUT2D eigenvalue weighted by molar-refractivity contribution is 14.1. The van der Waals surface area contributed by atoms with E-state index >= 15 is 0 Å². The zero-order valence-electron chi connectivity index (χ0n) is 6.17. The monoisotopic (exact) mass is 290 g/mol. The molecule has 62 valence electrons. The Kier molecular flexibility index (Phi) is 2.20. The topological polar surface area (TPSA) is 38.0 Å². The molecule has 4 heteroatoms. The number of nitrogen functional groups attached to an aromatic ring is 1. The number of halogens is 1. The quantitative estimate of drug-likeness (QED) is 0.481. The van der Waals surface area contributed by atoms with E-state index in [2.05, 4.69) is 39.5 Å². The van der Waals surface area contributed by atoms with E-state index in [4.69, 9.17) is 5.84 Å². The predicted molar refractivity (Wildman–Crippen MR) is 62.4 cm³/mol. The molecule has 12 heavy (non-hydrogen) atoms. The Labute approximate surface area is 87.9 Å². The van der Waals surface area contributed by atoms with Crippen LogP contribution in [0.5, 0.6) is 0 Å². The molecule has 0 atom stereocenters. The molecule has 3 N–H and O–H groups in total. The van der Waals surface area contributed by atoms with Crippen molar-refractivity contribution in [3.05, 3.63) is 27.1 Å². The molecule has 0 aliphatic heterocycles. The van der Waals surface area contributed by atoms with Crippen molar-refractivity contribution in [1.82, 2.24) is 0 Å². The van der Waals surface area contributed by atoms with Gasteiger partial charge in [-0.2, -0.15) is 0 Å². The van der Waals surface area contributed by atoms with Crippen LogP contribution in [0.15, 0.2) is 23.6 Å². The zero-order valence-corrected chi connectivity index (χ0v) is 9.15. The van der Waals surface area contributed by atoms with Crippen molar-refractivity contribution >= 4 is 49.7 Å². The third-order valence-electron chi connectivity index (χ3n) is 1.71. The van der Waals surface area contributed by atoms with E-state index in [-0.39, 0.29) is 0 Å². The number of benzene rings is 1. The molecule has 2 nitrogen and oxygen atoms in total. The average molecular weight is 290 g/mol. The van der Waals surface area contributed by atoms with Gasteiger partial charge in [0.1, 0.15) is 0 Å². The second-order valence-corrected chi connectivity index (χ2v) is 4.48. The number of hydrazine groups is 1. The molecule has 2 rings (SSSR count). The number of rotatable bonds is 1. The number of thiophene rings is 1. The van der Waals surface area contributed by atoms with Gasteiger partial charge in [0, 0.05) is 19.0 Å². The van der Waals surface area contributed by atoms with E-state index in [1.54, 1.807) is 11.3 Å². The lowest BCUT2D eigenvalue weighted by atomic mass is 10.2. The summed E-state index contributed by atoms with van der Waals surface area (Å²) in [5.41, 5.74) is 3.70. The maximum Gasteiger partial charge on any atom is 0.0582 e. The van der Waals surface area contributed by atoms with Crippen LogP contribution in [-0.2, 0) is 0 Å². The predicted octanol–water partition coefficient (Wildman–Crippen LogP) is 2.79. The number of hydrogen-bond donors (Lipinski definition) is 2. The van der Waals surface area contributed by atoms with E-state index in [0.29, 0.717) is 0 Å². The fourth-order valence-corrected chi connectivity index (χ4v) is 3.16. The molecule has 0 amide bonds. The molecule has 1 aromatic heterocycles. The first-order chi connectivity index (χ1) is 5.83. The van der Waals surface area contributed by atoms with E-state index in [1.165, 1.54) is 13.7 Å². The normalized spacial score (nSPS) is 10.5. The van der Waals surface area contributed by atoms with E-state index in [1.807, 2.05) is 12.1 Å². The first-order valence-electron chi connectivity index (χ1n) is 3.45. The Morgan fingerprint density at radius 2 is 2.25 bits per heavy atom. The standard InChI is InChI=1S/C8H7IN2S/c9-5-4-12-7-3-1-2-6(11-10)8(5)7/h1-4,11H,10H2. The number of fused-ring (bicyclic) bond motifs is 1. The van der Waals surface area contributed by atoms with Gasteiger partial charge in [-0.1, -0.05) is 6.07 Å². The van der Waals surface area contributed by atoms with Crippen LogP contribution in [0, 0.1) is 3.57 Å². The third-order valence-corrected chi connectivity index (χ3v) is 3.93. The summed E-state index contributed by atoms with van der Waals surface area (Å²) < 4.78 is 2.52. The lowest BCUT2D eigenvalue weighted by Gasteiger charge is -2.01. The van der Waals surface area contributed by atoms with Crippen molar-refractivity contribution in [2.45, 2.75) is 0 Å². The SMILES string of the molecule is NNc1cccc2scc(I)c12. The number of hydrogen-bond acceptors (Lipinski definition) is 3. The maximum absolute atomic E-state index is 5.40. The lowest BCUT2D eigenvalue weighted by molar-refractivity contribution is 1.37. The van der Waals surface area contributed by atoms with E-state index in [0.717, 1.165) is 5.69 Å². The zero-order chi connectivity index (χ0) is 8.55. The molecule has 0 saturated heterocycles. The Morgan fingerprint density at radius 1 is 1.42 bits per heavy atom. The molecule has 0 radical (unpaired) electrons. The number of anilines is 1. The summed E-state index contributed by atoms with van der Waals surface area (Å²) in [5, 5.41) is 3.36. The van der Waals surface area contributed by atoms with Crippen LogP contribution in [0.1, 0.15) is 0 Å². The molecule has 1 heterocycles. The lowest BCUT2D eigenvalue weighted by Crippen LogP contribution is -2.06. The van der Waals surface area contributed by atoms with Gasteiger partial charge in [0.2, 0.25) is 0 Å². The smallest absolute Gasteiger partial charge is 0.0582 e. The molecular weight excluding hydrogens is 283 g/mol. The van der Waals surface area contributed by atoms with Gasteiger partial charge in [-0.15, -0.1) is 11.3 Å². The van der Waals surface area contributed by atoms with Crippen molar-refractivity contribution in [1.29, 1.82) is 0 Å². The average Bonchev–Trinajstić information content (AvgIpc) is 2.48. The molecule has 0 aliphatic carbocycles. The van der Waals surface area contributed by atoms with Gasteiger partial charge in [0.15, 0.2) is 0 Å². The van der Waals surface area contributed by atoms with Crippen LogP contribution in [0.25, 0.3) is 10.1 Å². The summed E-state index contributed by atoms with van der Waals surface area (Å²) in [5.74, 6) is 5.40. The number of nitrogens with two attached hydrogens (primary N) is 1. The summed E-state index contributed by atoms with van der Waals surface area (Å²) >= 11 is 4.06. The van der Waals surface area contributed by atoms with Crippen LogP contribution in [0.2, 0.25) is 0 Å². The molecule has 1 aromatic carbocycles. The Balaban J connectivity index is 2.84. The summed E-state index contributed by atoms with van der Waals surface area (Å²) in [6.45, 7) is 0.